The van der Waals surface area contributed by atoms with Gasteiger partial charge in [0.2, 0.25) is 0 Å². The normalized spacial score (nSPS) is 11.7. The van der Waals surface area contributed by atoms with Gasteiger partial charge in [0.15, 0.2) is 0 Å². The van der Waals surface area contributed by atoms with Crippen molar-refractivity contribution in [3.8, 4) is 0 Å². The van der Waals surface area contributed by atoms with Crippen LogP contribution in [0.1, 0.15) is 10.5 Å². The number of benzene rings is 1. The zero-order valence-corrected chi connectivity index (χ0v) is 8.36. The van der Waals surface area contributed by atoms with Gasteiger partial charge in [-0.15, -0.1) is 13.2 Å². The number of para-hydroxylation sites is 1. The van der Waals surface area contributed by atoms with Crippen LogP contribution in [0.2, 0.25) is 0 Å². The molecule has 90 valence electrons. The summed E-state index contributed by atoms with van der Waals surface area (Å²) in [5.74, 6) is -0.995. The number of nitrogens with two attached hydrogens (primary N) is 1. The van der Waals surface area contributed by atoms with Crippen molar-refractivity contribution in [1.29, 1.82) is 0 Å². The van der Waals surface area contributed by atoms with Crippen molar-refractivity contribution in [2.24, 2.45) is 5.73 Å². The zero-order valence-electron chi connectivity index (χ0n) is 8.36. The third kappa shape index (κ3) is 2.17. The van der Waals surface area contributed by atoms with Crippen LogP contribution in [-0.4, -0.2) is 17.0 Å². The Labute approximate surface area is 93.3 Å². The molecule has 7 heteroatoms. The van der Waals surface area contributed by atoms with Crippen LogP contribution in [0.25, 0.3) is 10.9 Å². The van der Waals surface area contributed by atoms with Gasteiger partial charge in [0.1, 0.15) is 5.69 Å². The molecule has 0 spiro atoms. The van der Waals surface area contributed by atoms with Crippen molar-refractivity contribution in [1.82, 2.24) is 4.73 Å². The molecule has 0 atom stereocenters. The van der Waals surface area contributed by atoms with Crippen LogP contribution >= 0.6 is 0 Å². The topological polar surface area (TPSA) is 57.2 Å². The highest BCUT2D eigenvalue weighted by Gasteiger charge is 2.34. The number of rotatable bonds is 2. The molecule has 0 unspecified atom stereocenters. The molecule has 1 aromatic carbocycles. The first kappa shape index (κ1) is 11.3. The van der Waals surface area contributed by atoms with Gasteiger partial charge in [0.05, 0.1) is 5.52 Å². The number of alkyl halides is 3. The summed E-state index contributed by atoms with van der Waals surface area (Å²) in [6, 6.07) is 7.35. The van der Waals surface area contributed by atoms with Crippen LogP contribution < -0.4 is 10.6 Å². The lowest BCUT2D eigenvalue weighted by molar-refractivity contribution is -0.321. The first-order chi connectivity index (χ1) is 7.88. The van der Waals surface area contributed by atoms with Crippen molar-refractivity contribution < 1.29 is 22.8 Å². The number of carbonyl (C=O) groups is 1. The Morgan fingerprint density at radius 1 is 1.29 bits per heavy atom. The Bertz CT molecular complexity index is 574. The predicted octanol–water partition coefficient (Wildman–Crippen LogP) is 1.69. The summed E-state index contributed by atoms with van der Waals surface area (Å²) in [5, 5.41) is 0.436. The quantitative estimate of drug-likeness (QED) is 0.873. The molecule has 0 fully saturated rings. The number of hydrogen-bond donors (Lipinski definition) is 1. The Morgan fingerprint density at radius 2 is 1.94 bits per heavy atom. The molecule has 0 saturated carbocycles. The minimum absolute atomic E-state index is 0.124. The van der Waals surface area contributed by atoms with Crippen molar-refractivity contribution in [2.45, 2.75) is 6.36 Å². The fourth-order valence-electron chi connectivity index (χ4n) is 1.50. The number of aromatic nitrogens is 1. The van der Waals surface area contributed by atoms with E-state index in [2.05, 4.69) is 4.84 Å². The maximum absolute atomic E-state index is 12.2. The summed E-state index contributed by atoms with van der Waals surface area (Å²) < 4.78 is 37.0. The lowest BCUT2D eigenvalue weighted by Crippen LogP contribution is -2.30. The van der Waals surface area contributed by atoms with Crippen LogP contribution in [0.3, 0.4) is 0 Å². The van der Waals surface area contributed by atoms with Crippen LogP contribution in [0, 0.1) is 0 Å². The number of amides is 1. The van der Waals surface area contributed by atoms with E-state index in [1.165, 1.54) is 18.2 Å². The molecule has 0 bridgehead atoms. The average molecular weight is 244 g/mol. The molecule has 1 amide bonds. The largest absolute Gasteiger partial charge is 0.591 e. The molecular formula is C10H7F3N2O2. The van der Waals surface area contributed by atoms with E-state index < -0.39 is 12.3 Å². The molecule has 0 radical (unpaired) electrons. The Balaban J connectivity index is 2.64. The summed E-state index contributed by atoms with van der Waals surface area (Å²) in [6.45, 7) is 0. The van der Waals surface area contributed by atoms with E-state index in [0.29, 0.717) is 10.1 Å². The van der Waals surface area contributed by atoms with Gasteiger partial charge in [0, 0.05) is 5.39 Å². The van der Waals surface area contributed by atoms with Crippen molar-refractivity contribution in [3.63, 3.8) is 0 Å². The number of hydrogen-bond acceptors (Lipinski definition) is 2. The van der Waals surface area contributed by atoms with Gasteiger partial charge in [0.25, 0.3) is 5.91 Å². The van der Waals surface area contributed by atoms with Crippen molar-refractivity contribution in [3.05, 3.63) is 36.0 Å². The third-order valence-corrected chi connectivity index (χ3v) is 2.11. The van der Waals surface area contributed by atoms with E-state index in [-0.39, 0.29) is 11.2 Å². The second-order valence-corrected chi connectivity index (χ2v) is 3.28. The van der Waals surface area contributed by atoms with Gasteiger partial charge in [-0.25, -0.2) is 0 Å². The van der Waals surface area contributed by atoms with Crippen molar-refractivity contribution >= 4 is 16.8 Å². The predicted molar refractivity (Wildman–Crippen MR) is 53.1 cm³/mol. The van der Waals surface area contributed by atoms with Gasteiger partial charge in [-0.2, -0.15) is 4.73 Å². The highest BCUT2D eigenvalue weighted by atomic mass is 19.4. The lowest BCUT2D eigenvalue weighted by Gasteiger charge is -2.12. The summed E-state index contributed by atoms with van der Waals surface area (Å²) in [6.07, 6.45) is -4.90. The van der Waals surface area contributed by atoms with Crippen LogP contribution in [0.5, 0.6) is 0 Å². The van der Waals surface area contributed by atoms with E-state index >= 15 is 0 Å². The number of fused-ring (bicyclic) bond motifs is 1. The van der Waals surface area contributed by atoms with Crippen LogP contribution in [-0.2, 0) is 0 Å². The fraction of sp³-hybridized carbons (Fsp3) is 0.100. The summed E-state index contributed by atoms with van der Waals surface area (Å²) in [5.41, 5.74) is 4.76. The Hall–Kier alpha value is -2.18. The minimum Gasteiger partial charge on any atom is -0.364 e. The molecule has 1 heterocycles. The molecule has 4 nitrogen and oxygen atoms in total. The minimum atomic E-state index is -4.90. The summed E-state index contributed by atoms with van der Waals surface area (Å²) in [7, 11) is 0. The zero-order chi connectivity index (χ0) is 12.6. The molecule has 0 aliphatic carbocycles. The van der Waals surface area contributed by atoms with Gasteiger partial charge >= 0.3 is 6.36 Å². The van der Waals surface area contributed by atoms with Gasteiger partial charge in [-0.05, 0) is 12.1 Å². The first-order valence-electron chi connectivity index (χ1n) is 4.55. The highest BCUT2D eigenvalue weighted by molar-refractivity contribution is 5.97. The van der Waals surface area contributed by atoms with E-state index in [1.807, 2.05) is 0 Å². The summed E-state index contributed by atoms with van der Waals surface area (Å²) >= 11 is 0. The van der Waals surface area contributed by atoms with Gasteiger partial charge in [-0.3, -0.25) is 4.79 Å². The smallest absolute Gasteiger partial charge is 0.364 e. The van der Waals surface area contributed by atoms with Crippen molar-refractivity contribution in [2.75, 3.05) is 0 Å². The second-order valence-electron chi connectivity index (χ2n) is 3.28. The van der Waals surface area contributed by atoms with E-state index in [1.54, 1.807) is 12.1 Å². The van der Waals surface area contributed by atoms with Gasteiger partial charge < -0.3 is 10.6 Å². The lowest BCUT2D eigenvalue weighted by atomic mass is 10.2. The molecular weight excluding hydrogens is 237 g/mol. The molecule has 2 aromatic rings. The molecule has 2 N–H and O–H groups in total. The number of primary amides is 1. The maximum Gasteiger partial charge on any atom is 0.591 e. The maximum atomic E-state index is 12.2. The van der Waals surface area contributed by atoms with Crippen LogP contribution in [0.15, 0.2) is 30.3 Å². The molecule has 0 aliphatic rings. The number of nitrogens with zero attached hydrogens (tertiary/aromatic N) is 1. The highest BCUT2D eigenvalue weighted by Crippen LogP contribution is 2.22. The fourth-order valence-corrected chi connectivity index (χ4v) is 1.50. The standard InChI is InChI=1S/C10H7F3N2O2/c11-10(12,13)17-15-7-4-2-1-3-6(7)5-8(15)9(14)16/h1-5H,(H2,14,16). The number of carbonyl (C=O) groups excluding carboxylic acids is 1. The van der Waals surface area contributed by atoms with E-state index in [4.69, 9.17) is 5.73 Å². The van der Waals surface area contributed by atoms with E-state index in [9.17, 15) is 18.0 Å². The molecule has 1 aromatic heterocycles. The SMILES string of the molecule is NC(=O)c1cc2ccccc2n1OC(F)(F)F. The average Bonchev–Trinajstić information content (AvgIpc) is 2.55. The Kier molecular flexibility index (Phi) is 2.45. The monoisotopic (exact) mass is 244 g/mol. The van der Waals surface area contributed by atoms with Crippen LogP contribution in [0.4, 0.5) is 13.2 Å². The summed E-state index contributed by atoms with van der Waals surface area (Å²) in [4.78, 5) is 14.8. The first-order valence-corrected chi connectivity index (χ1v) is 4.55. The van der Waals surface area contributed by atoms with Gasteiger partial charge in [-0.1, -0.05) is 18.2 Å². The number of halogens is 3. The molecule has 17 heavy (non-hydrogen) atoms. The second kappa shape index (κ2) is 3.69. The molecule has 2 rings (SSSR count). The Morgan fingerprint density at radius 3 is 2.53 bits per heavy atom. The third-order valence-electron chi connectivity index (χ3n) is 2.11. The molecule has 0 aliphatic heterocycles. The van der Waals surface area contributed by atoms with E-state index in [0.717, 1.165) is 0 Å². The molecule has 0 saturated heterocycles.